The predicted molar refractivity (Wildman–Crippen MR) is 75.0 cm³/mol. The number of nitrogens with zero attached hydrogens (tertiary/aromatic N) is 4. The third-order valence-electron chi connectivity index (χ3n) is 2.29. The molecule has 0 aromatic heterocycles. The van der Waals surface area contributed by atoms with Crippen molar-refractivity contribution in [1.29, 1.82) is 0 Å². The molecule has 0 aliphatic carbocycles. The highest BCUT2D eigenvalue weighted by Gasteiger charge is 2.17. The van der Waals surface area contributed by atoms with Crippen molar-refractivity contribution in [3.63, 3.8) is 0 Å². The summed E-state index contributed by atoms with van der Waals surface area (Å²) in [5.74, 6) is 15.5. The molecule has 0 bridgehead atoms. The van der Waals surface area contributed by atoms with Crippen molar-refractivity contribution < 1.29 is 4.74 Å². The van der Waals surface area contributed by atoms with Gasteiger partial charge in [0.2, 0.25) is 0 Å². The van der Waals surface area contributed by atoms with Crippen molar-refractivity contribution in [2.75, 3.05) is 7.05 Å². The van der Waals surface area contributed by atoms with Gasteiger partial charge in [-0.05, 0) is 13.8 Å². The molecular weight excluding hydrogens is 234 g/mol. The maximum absolute atomic E-state index is 5.71. The molecule has 0 heterocycles. The zero-order chi connectivity index (χ0) is 14.0. The van der Waals surface area contributed by atoms with Crippen LogP contribution in [0.3, 0.4) is 0 Å². The number of hydrogen-bond donors (Lipinski definition) is 3. The fraction of sp³-hybridized carbons (Fsp3) is 0.600. The first-order valence-electron chi connectivity index (χ1n) is 5.37. The minimum Gasteiger partial charge on any atom is -0.357 e. The monoisotopic (exact) mass is 255 g/mol. The minimum atomic E-state index is -0.521. The lowest BCUT2D eigenvalue weighted by atomic mass is 10.2. The summed E-state index contributed by atoms with van der Waals surface area (Å²) in [4.78, 5) is 4.05. The van der Waals surface area contributed by atoms with Crippen LogP contribution in [0.25, 0.3) is 0 Å². The summed E-state index contributed by atoms with van der Waals surface area (Å²) in [6, 6.07) is 0. The molecule has 2 atom stereocenters. The Balaban J connectivity index is 4.81. The molecule has 0 aromatic rings. The van der Waals surface area contributed by atoms with Crippen LogP contribution in [-0.4, -0.2) is 43.1 Å². The Kier molecular flexibility index (Phi) is 8.12. The van der Waals surface area contributed by atoms with E-state index in [1.54, 1.807) is 14.0 Å². The summed E-state index contributed by atoms with van der Waals surface area (Å²) < 4.78 is 5.71. The van der Waals surface area contributed by atoms with Gasteiger partial charge in [0, 0.05) is 19.2 Å². The predicted octanol–water partition coefficient (Wildman–Crippen LogP) is -0.555. The van der Waals surface area contributed by atoms with Gasteiger partial charge in [-0.1, -0.05) is 0 Å². The Bertz CT molecular complexity index is 348. The van der Waals surface area contributed by atoms with Crippen LogP contribution in [-0.2, 0) is 4.74 Å². The zero-order valence-corrected chi connectivity index (χ0v) is 10.9. The maximum Gasteiger partial charge on any atom is 0.135 e. The number of ether oxygens (including phenoxy) is 1. The fourth-order valence-electron chi connectivity index (χ4n) is 1.20. The largest absolute Gasteiger partial charge is 0.357 e. The lowest BCUT2D eigenvalue weighted by molar-refractivity contribution is 0.110. The standard InChI is InChI=1S/C10H21N7O/c1-7(14-3)4-9(5-15-11)18-10(6-16-12)8(2)17-13/h5-6,9-10H,4,11-13H2,1-3H3/b14-7?,15-5+,16-6+,17-8-. The molecular formula is C10H21N7O. The van der Waals surface area contributed by atoms with Crippen LogP contribution in [0.5, 0.6) is 0 Å². The second-order valence-corrected chi connectivity index (χ2v) is 3.62. The average Bonchev–Trinajstić information content (AvgIpc) is 2.37. The SMILES string of the molecule is CN=C(C)CC(/C=N/N)OC(/C=N/N)/C(C)=N\N. The smallest absolute Gasteiger partial charge is 0.135 e. The van der Waals surface area contributed by atoms with Crippen LogP contribution in [0.2, 0.25) is 0 Å². The molecule has 0 amide bonds. The molecule has 8 nitrogen and oxygen atoms in total. The molecule has 0 radical (unpaired) electrons. The number of hydrazone groups is 3. The van der Waals surface area contributed by atoms with Gasteiger partial charge in [-0.25, -0.2) is 0 Å². The highest BCUT2D eigenvalue weighted by Crippen LogP contribution is 2.04. The highest BCUT2D eigenvalue weighted by atomic mass is 16.5. The Labute approximate surface area is 107 Å². The van der Waals surface area contributed by atoms with Crippen LogP contribution < -0.4 is 17.5 Å². The molecule has 0 saturated carbocycles. The van der Waals surface area contributed by atoms with Crippen molar-refractivity contribution in [2.24, 2.45) is 37.8 Å². The molecule has 0 spiro atoms. The topological polar surface area (TPSA) is 137 Å². The molecule has 0 aliphatic rings. The van der Waals surface area contributed by atoms with Gasteiger partial charge in [0.15, 0.2) is 0 Å². The number of hydrogen-bond acceptors (Lipinski definition) is 8. The first-order valence-corrected chi connectivity index (χ1v) is 5.37. The number of aliphatic imine (C=N–C) groups is 1. The molecule has 0 fully saturated rings. The van der Waals surface area contributed by atoms with Crippen LogP contribution in [0.15, 0.2) is 20.3 Å². The van der Waals surface area contributed by atoms with E-state index in [0.717, 1.165) is 5.71 Å². The van der Waals surface area contributed by atoms with E-state index in [9.17, 15) is 0 Å². The number of nitrogens with two attached hydrogens (primary N) is 3. The van der Waals surface area contributed by atoms with Gasteiger partial charge >= 0.3 is 0 Å². The average molecular weight is 255 g/mol. The normalized spacial score (nSPS) is 17.5. The second-order valence-electron chi connectivity index (χ2n) is 3.62. The third kappa shape index (κ3) is 5.94. The summed E-state index contributed by atoms with van der Waals surface area (Å²) in [6.07, 6.45) is 2.58. The van der Waals surface area contributed by atoms with E-state index in [4.69, 9.17) is 22.3 Å². The van der Waals surface area contributed by atoms with Gasteiger partial charge in [0.1, 0.15) is 12.2 Å². The van der Waals surface area contributed by atoms with E-state index in [0.29, 0.717) is 12.1 Å². The van der Waals surface area contributed by atoms with Crippen molar-refractivity contribution >= 4 is 23.9 Å². The summed E-state index contributed by atoms with van der Waals surface area (Å²) in [5, 5.41) is 10.5. The van der Waals surface area contributed by atoms with Gasteiger partial charge in [-0.15, -0.1) is 0 Å². The quantitative estimate of drug-likeness (QED) is 0.319. The molecule has 2 unspecified atom stereocenters. The van der Waals surface area contributed by atoms with Crippen LogP contribution >= 0.6 is 0 Å². The molecule has 6 N–H and O–H groups in total. The minimum absolute atomic E-state index is 0.349. The summed E-state index contributed by atoms with van der Waals surface area (Å²) in [5.41, 5.74) is 1.45. The first kappa shape index (κ1) is 16.0. The van der Waals surface area contributed by atoms with Gasteiger partial charge in [0.05, 0.1) is 18.1 Å². The Morgan fingerprint density at radius 3 is 2.22 bits per heavy atom. The molecule has 8 heteroatoms. The van der Waals surface area contributed by atoms with Crippen molar-refractivity contribution in [2.45, 2.75) is 32.5 Å². The van der Waals surface area contributed by atoms with Gasteiger partial charge in [-0.3, -0.25) is 4.99 Å². The molecule has 0 aliphatic heterocycles. The van der Waals surface area contributed by atoms with Crippen LogP contribution in [0.1, 0.15) is 20.3 Å². The highest BCUT2D eigenvalue weighted by molar-refractivity contribution is 6.00. The van der Waals surface area contributed by atoms with E-state index in [1.165, 1.54) is 12.4 Å². The molecule has 102 valence electrons. The third-order valence-corrected chi connectivity index (χ3v) is 2.29. The van der Waals surface area contributed by atoms with Crippen LogP contribution in [0.4, 0.5) is 0 Å². The van der Waals surface area contributed by atoms with Gasteiger partial charge in [-0.2, -0.15) is 15.3 Å². The Hall–Kier alpha value is -1.96. The van der Waals surface area contributed by atoms with Gasteiger partial charge < -0.3 is 22.3 Å². The first-order chi connectivity index (χ1) is 8.58. The van der Waals surface area contributed by atoms with E-state index in [2.05, 4.69) is 20.3 Å². The summed E-state index contributed by atoms with van der Waals surface area (Å²) in [6.45, 7) is 3.60. The summed E-state index contributed by atoms with van der Waals surface area (Å²) >= 11 is 0. The number of rotatable bonds is 7. The van der Waals surface area contributed by atoms with Crippen molar-refractivity contribution in [3.05, 3.63) is 0 Å². The van der Waals surface area contributed by atoms with Crippen molar-refractivity contribution in [3.8, 4) is 0 Å². The van der Waals surface area contributed by atoms with Crippen LogP contribution in [0, 0.1) is 0 Å². The Morgan fingerprint density at radius 1 is 1.17 bits per heavy atom. The lowest BCUT2D eigenvalue weighted by Crippen LogP contribution is -2.32. The van der Waals surface area contributed by atoms with E-state index in [-0.39, 0.29) is 6.10 Å². The molecule has 0 saturated heterocycles. The fourth-order valence-corrected chi connectivity index (χ4v) is 1.20. The van der Waals surface area contributed by atoms with E-state index in [1.807, 2.05) is 6.92 Å². The molecule has 18 heavy (non-hydrogen) atoms. The van der Waals surface area contributed by atoms with E-state index >= 15 is 0 Å². The summed E-state index contributed by atoms with van der Waals surface area (Å²) in [7, 11) is 1.71. The van der Waals surface area contributed by atoms with Gasteiger partial charge in [0.25, 0.3) is 0 Å². The van der Waals surface area contributed by atoms with Crippen molar-refractivity contribution in [1.82, 2.24) is 0 Å². The second kappa shape index (κ2) is 9.11. The lowest BCUT2D eigenvalue weighted by Gasteiger charge is -2.18. The molecule has 0 rings (SSSR count). The Morgan fingerprint density at radius 2 is 1.78 bits per heavy atom. The molecule has 0 aromatic carbocycles. The van der Waals surface area contributed by atoms with E-state index < -0.39 is 6.10 Å². The zero-order valence-electron chi connectivity index (χ0n) is 10.9. The maximum atomic E-state index is 5.71.